The summed E-state index contributed by atoms with van der Waals surface area (Å²) in [4.78, 5) is 0. The van der Waals surface area contributed by atoms with E-state index in [0.717, 1.165) is 13.1 Å². The van der Waals surface area contributed by atoms with Gasteiger partial charge in [-0.15, -0.1) is 0 Å². The maximum Gasteiger partial charge on any atom is 0.0219 e. The van der Waals surface area contributed by atoms with Crippen LogP contribution in [0.15, 0.2) is 35.0 Å². The SMILES string of the molecule is Cc1cscc1CNCc1ccc(CN)cc1. The number of benzene rings is 1. The van der Waals surface area contributed by atoms with Crippen LogP contribution in [0.1, 0.15) is 22.3 Å². The van der Waals surface area contributed by atoms with Gasteiger partial charge in [-0.2, -0.15) is 11.3 Å². The molecule has 90 valence electrons. The molecule has 0 aliphatic heterocycles. The largest absolute Gasteiger partial charge is 0.326 e. The second-order valence-corrected chi connectivity index (χ2v) is 4.95. The van der Waals surface area contributed by atoms with Gasteiger partial charge in [-0.1, -0.05) is 24.3 Å². The zero-order chi connectivity index (χ0) is 12.1. The van der Waals surface area contributed by atoms with Crippen molar-refractivity contribution in [2.45, 2.75) is 26.6 Å². The van der Waals surface area contributed by atoms with Crippen molar-refractivity contribution in [2.24, 2.45) is 5.73 Å². The first-order valence-electron chi connectivity index (χ1n) is 5.80. The third-order valence-corrected chi connectivity index (χ3v) is 3.78. The molecule has 0 bridgehead atoms. The lowest BCUT2D eigenvalue weighted by Gasteiger charge is -2.05. The minimum Gasteiger partial charge on any atom is -0.326 e. The number of hydrogen-bond donors (Lipinski definition) is 2. The molecule has 0 fully saturated rings. The Morgan fingerprint density at radius 1 is 1.06 bits per heavy atom. The predicted octanol–water partition coefficient (Wildman–Crippen LogP) is 2.81. The van der Waals surface area contributed by atoms with Crippen LogP contribution >= 0.6 is 11.3 Å². The Morgan fingerprint density at radius 2 is 1.76 bits per heavy atom. The fourth-order valence-corrected chi connectivity index (χ4v) is 2.56. The van der Waals surface area contributed by atoms with E-state index in [1.165, 1.54) is 22.3 Å². The molecule has 0 unspecified atom stereocenters. The summed E-state index contributed by atoms with van der Waals surface area (Å²) in [5.41, 5.74) is 10.8. The van der Waals surface area contributed by atoms with Crippen LogP contribution < -0.4 is 11.1 Å². The van der Waals surface area contributed by atoms with E-state index in [1.807, 2.05) is 0 Å². The Kier molecular flexibility index (Phi) is 4.31. The zero-order valence-corrected chi connectivity index (χ0v) is 10.9. The van der Waals surface area contributed by atoms with Crippen molar-refractivity contribution in [2.75, 3.05) is 0 Å². The quantitative estimate of drug-likeness (QED) is 0.851. The first-order valence-corrected chi connectivity index (χ1v) is 6.74. The van der Waals surface area contributed by atoms with Gasteiger partial charge in [0.05, 0.1) is 0 Å². The Hall–Kier alpha value is -1.16. The van der Waals surface area contributed by atoms with Crippen LogP contribution in [0, 0.1) is 6.92 Å². The zero-order valence-electron chi connectivity index (χ0n) is 10.1. The average Bonchev–Trinajstić information content (AvgIpc) is 2.76. The molecule has 0 spiro atoms. The molecule has 0 radical (unpaired) electrons. The first kappa shape index (κ1) is 12.3. The van der Waals surface area contributed by atoms with E-state index in [9.17, 15) is 0 Å². The van der Waals surface area contributed by atoms with E-state index in [0.29, 0.717) is 6.54 Å². The standard InChI is InChI=1S/C14H18N2S/c1-11-9-17-10-14(11)8-16-7-13-4-2-12(6-15)3-5-13/h2-5,9-10,16H,6-8,15H2,1H3. The second-order valence-electron chi connectivity index (χ2n) is 4.20. The maximum absolute atomic E-state index is 5.57. The number of rotatable bonds is 5. The molecule has 1 heterocycles. The van der Waals surface area contributed by atoms with Crippen molar-refractivity contribution in [1.29, 1.82) is 0 Å². The summed E-state index contributed by atoms with van der Waals surface area (Å²) in [6.07, 6.45) is 0. The molecule has 3 heteroatoms. The molecule has 1 aromatic carbocycles. The van der Waals surface area contributed by atoms with Crippen LogP contribution in [0.3, 0.4) is 0 Å². The number of thiophene rings is 1. The lowest BCUT2D eigenvalue weighted by atomic mass is 10.1. The molecule has 3 N–H and O–H groups in total. The highest BCUT2D eigenvalue weighted by molar-refractivity contribution is 7.08. The Bertz CT molecular complexity index is 459. The summed E-state index contributed by atoms with van der Waals surface area (Å²) in [7, 11) is 0. The van der Waals surface area contributed by atoms with Gasteiger partial charge in [-0.25, -0.2) is 0 Å². The minimum absolute atomic E-state index is 0.613. The molecule has 0 aliphatic rings. The van der Waals surface area contributed by atoms with Gasteiger partial charge in [0.25, 0.3) is 0 Å². The monoisotopic (exact) mass is 246 g/mol. The molecule has 0 atom stereocenters. The van der Waals surface area contributed by atoms with E-state index in [4.69, 9.17) is 5.73 Å². The van der Waals surface area contributed by atoms with Gasteiger partial charge in [0.1, 0.15) is 0 Å². The number of aryl methyl sites for hydroxylation is 1. The highest BCUT2D eigenvalue weighted by Gasteiger charge is 1.99. The Morgan fingerprint density at radius 3 is 2.35 bits per heavy atom. The van der Waals surface area contributed by atoms with E-state index >= 15 is 0 Å². The average molecular weight is 246 g/mol. The van der Waals surface area contributed by atoms with Gasteiger partial charge in [0.2, 0.25) is 0 Å². The fraction of sp³-hybridized carbons (Fsp3) is 0.286. The number of hydrogen-bond acceptors (Lipinski definition) is 3. The first-order chi connectivity index (χ1) is 8.29. The van der Waals surface area contributed by atoms with Crippen LogP contribution in [0.5, 0.6) is 0 Å². The van der Waals surface area contributed by atoms with E-state index in [2.05, 4.69) is 47.3 Å². The van der Waals surface area contributed by atoms with Crippen LogP contribution in [0.4, 0.5) is 0 Å². The summed E-state index contributed by atoms with van der Waals surface area (Å²) < 4.78 is 0. The van der Waals surface area contributed by atoms with E-state index < -0.39 is 0 Å². The Balaban J connectivity index is 1.83. The molecule has 2 rings (SSSR count). The summed E-state index contributed by atoms with van der Waals surface area (Å²) in [5.74, 6) is 0. The third-order valence-electron chi connectivity index (χ3n) is 2.86. The summed E-state index contributed by atoms with van der Waals surface area (Å²) >= 11 is 1.76. The van der Waals surface area contributed by atoms with Gasteiger partial charge >= 0.3 is 0 Å². The molecule has 2 aromatic rings. The Labute approximate surface area is 106 Å². The number of nitrogens with two attached hydrogens (primary N) is 1. The normalized spacial score (nSPS) is 10.7. The lowest BCUT2D eigenvalue weighted by Crippen LogP contribution is -2.12. The summed E-state index contributed by atoms with van der Waals surface area (Å²) in [6, 6.07) is 8.45. The van der Waals surface area contributed by atoms with Crippen LogP contribution in [-0.2, 0) is 19.6 Å². The molecular formula is C14H18N2S. The molecule has 0 saturated carbocycles. The molecule has 0 saturated heterocycles. The van der Waals surface area contributed by atoms with Gasteiger partial charge in [0.15, 0.2) is 0 Å². The van der Waals surface area contributed by atoms with E-state index in [1.54, 1.807) is 11.3 Å². The van der Waals surface area contributed by atoms with Crippen molar-refractivity contribution in [1.82, 2.24) is 5.32 Å². The van der Waals surface area contributed by atoms with Crippen LogP contribution in [0.25, 0.3) is 0 Å². The van der Waals surface area contributed by atoms with Crippen LogP contribution in [0.2, 0.25) is 0 Å². The van der Waals surface area contributed by atoms with Gasteiger partial charge < -0.3 is 11.1 Å². The third kappa shape index (κ3) is 3.40. The predicted molar refractivity (Wildman–Crippen MR) is 73.9 cm³/mol. The van der Waals surface area contributed by atoms with Crippen molar-refractivity contribution in [3.63, 3.8) is 0 Å². The second kappa shape index (κ2) is 5.96. The summed E-state index contributed by atoms with van der Waals surface area (Å²) in [5, 5.41) is 7.85. The molecule has 17 heavy (non-hydrogen) atoms. The van der Waals surface area contributed by atoms with Crippen molar-refractivity contribution in [3.05, 3.63) is 57.3 Å². The highest BCUT2D eigenvalue weighted by atomic mass is 32.1. The molecule has 1 aromatic heterocycles. The van der Waals surface area contributed by atoms with E-state index in [-0.39, 0.29) is 0 Å². The van der Waals surface area contributed by atoms with Gasteiger partial charge in [-0.05, 0) is 39.9 Å². The van der Waals surface area contributed by atoms with Crippen LogP contribution in [-0.4, -0.2) is 0 Å². The molecular weight excluding hydrogens is 228 g/mol. The van der Waals surface area contributed by atoms with Gasteiger partial charge in [-0.3, -0.25) is 0 Å². The number of nitrogens with one attached hydrogen (secondary N) is 1. The maximum atomic E-state index is 5.57. The summed E-state index contributed by atoms with van der Waals surface area (Å²) in [6.45, 7) is 4.61. The minimum atomic E-state index is 0.613. The smallest absolute Gasteiger partial charge is 0.0219 e. The molecule has 0 aliphatic carbocycles. The highest BCUT2D eigenvalue weighted by Crippen LogP contribution is 2.13. The van der Waals surface area contributed by atoms with Crippen molar-refractivity contribution in [3.8, 4) is 0 Å². The fourth-order valence-electron chi connectivity index (χ4n) is 1.70. The topological polar surface area (TPSA) is 38.0 Å². The molecule has 0 amide bonds. The van der Waals surface area contributed by atoms with Crippen molar-refractivity contribution >= 4 is 11.3 Å². The molecule has 2 nitrogen and oxygen atoms in total. The van der Waals surface area contributed by atoms with Crippen molar-refractivity contribution < 1.29 is 0 Å². The van der Waals surface area contributed by atoms with Gasteiger partial charge in [0, 0.05) is 19.6 Å². The lowest BCUT2D eigenvalue weighted by molar-refractivity contribution is 0.692.